The van der Waals surface area contributed by atoms with Crippen LogP contribution in [0.4, 0.5) is 11.4 Å². The highest BCUT2D eigenvalue weighted by molar-refractivity contribution is 6.02. The Balaban J connectivity index is 1.72. The second kappa shape index (κ2) is 5.07. The third kappa shape index (κ3) is 2.39. The van der Waals surface area contributed by atoms with Crippen molar-refractivity contribution in [1.29, 1.82) is 0 Å². The number of benzene rings is 1. The van der Waals surface area contributed by atoms with Crippen molar-refractivity contribution in [1.82, 2.24) is 4.90 Å². The molecule has 1 amide bonds. The number of rotatable bonds is 3. The van der Waals surface area contributed by atoms with Crippen LogP contribution in [0.2, 0.25) is 0 Å². The number of carbonyl (C=O) groups excluding carboxylic acids is 1. The van der Waals surface area contributed by atoms with E-state index in [1.165, 1.54) is 13.0 Å². The van der Waals surface area contributed by atoms with Crippen LogP contribution in [-0.2, 0) is 4.79 Å². The van der Waals surface area contributed by atoms with Crippen molar-refractivity contribution in [3.63, 3.8) is 0 Å². The van der Waals surface area contributed by atoms with E-state index in [0.717, 1.165) is 35.9 Å². The highest BCUT2D eigenvalue weighted by atomic mass is 16.2. The van der Waals surface area contributed by atoms with Gasteiger partial charge in [0, 0.05) is 37.1 Å². The summed E-state index contributed by atoms with van der Waals surface area (Å²) in [7, 11) is 4.28. The Kier molecular flexibility index (Phi) is 3.40. The van der Waals surface area contributed by atoms with Crippen LogP contribution in [0.1, 0.15) is 18.0 Å². The van der Waals surface area contributed by atoms with Crippen molar-refractivity contribution >= 4 is 17.3 Å². The van der Waals surface area contributed by atoms with Gasteiger partial charge in [0.1, 0.15) is 6.04 Å². The van der Waals surface area contributed by atoms with Gasteiger partial charge in [0.05, 0.1) is 0 Å². The largest absolute Gasteiger partial charge is 0.374 e. The van der Waals surface area contributed by atoms with Crippen molar-refractivity contribution in [2.45, 2.75) is 12.5 Å². The molecule has 2 heterocycles. The molecule has 1 aromatic carbocycles. The molecule has 0 aromatic heterocycles. The van der Waals surface area contributed by atoms with Crippen LogP contribution in [0.3, 0.4) is 0 Å². The molecule has 0 saturated carbocycles. The lowest BCUT2D eigenvalue weighted by molar-refractivity contribution is -0.116. The molecule has 0 aliphatic carbocycles. The lowest BCUT2D eigenvalue weighted by Gasteiger charge is -2.23. The highest BCUT2D eigenvalue weighted by Gasteiger charge is 2.27. The summed E-state index contributed by atoms with van der Waals surface area (Å²) in [4.78, 5) is 16.2. The van der Waals surface area contributed by atoms with Gasteiger partial charge >= 0.3 is 0 Å². The number of nitrogens with two attached hydrogens (primary N) is 1. The SMILES string of the molecule is CN1CCC(CN(C)c2ccc3c(c2)NC(=O)C3N)C1. The van der Waals surface area contributed by atoms with Crippen molar-refractivity contribution in [3.8, 4) is 0 Å². The highest BCUT2D eigenvalue weighted by Crippen LogP contribution is 2.32. The lowest BCUT2D eigenvalue weighted by Crippen LogP contribution is -2.27. The zero-order valence-corrected chi connectivity index (χ0v) is 12.1. The van der Waals surface area contributed by atoms with Gasteiger partial charge in [-0.2, -0.15) is 0 Å². The number of hydrogen-bond donors (Lipinski definition) is 2. The van der Waals surface area contributed by atoms with Gasteiger partial charge in [0.25, 0.3) is 0 Å². The first-order chi connectivity index (χ1) is 9.54. The normalized spacial score (nSPS) is 25.6. The van der Waals surface area contributed by atoms with E-state index in [2.05, 4.69) is 35.3 Å². The first-order valence-electron chi connectivity index (χ1n) is 7.14. The fourth-order valence-corrected chi connectivity index (χ4v) is 3.18. The van der Waals surface area contributed by atoms with Crippen LogP contribution in [0, 0.1) is 5.92 Å². The molecule has 2 aliphatic rings. The van der Waals surface area contributed by atoms with Crippen LogP contribution in [0.25, 0.3) is 0 Å². The van der Waals surface area contributed by atoms with Crippen LogP contribution in [0.5, 0.6) is 0 Å². The standard InChI is InChI=1S/C15H22N4O/c1-18-6-5-10(8-18)9-19(2)11-3-4-12-13(7-11)17-15(20)14(12)16/h3-4,7,10,14H,5-6,8-9,16H2,1-2H3,(H,17,20). The number of anilines is 2. The van der Waals surface area contributed by atoms with E-state index < -0.39 is 6.04 Å². The monoisotopic (exact) mass is 274 g/mol. The fraction of sp³-hybridized carbons (Fsp3) is 0.533. The molecular formula is C15H22N4O. The summed E-state index contributed by atoms with van der Waals surface area (Å²) in [5, 5.41) is 2.84. The van der Waals surface area contributed by atoms with E-state index in [1.54, 1.807) is 0 Å². The van der Waals surface area contributed by atoms with E-state index in [4.69, 9.17) is 5.73 Å². The Morgan fingerprint density at radius 2 is 2.30 bits per heavy atom. The molecular weight excluding hydrogens is 252 g/mol. The molecule has 5 nitrogen and oxygen atoms in total. The summed E-state index contributed by atoms with van der Waals surface area (Å²) in [6.45, 7) is 3.40. The van der Waals surface area contributed by atoms with E-state index in [9.17, 15) is 4.79 Å². The Labute approximate surface area is 119 Å². The summed E-state index contributed by atoms with van der Waals surface area (Å²) in [5.41, 5.74) is 8.72. The van der Waals surface area contributed by atoms with Gasteiger partial charge in [0.2, 0.25) is 5.91 Å². The molecule has 20 heavy (non-hydrogen) atoms. The summed E-state index contributed by atoms with van der Waals surface area (Å²) in [5.74, 6) is 0.604. The molecule has 1 aromatic rings. The van der Waals surface area contributed by atoms with Crippen LogP contribution in [-0.4, -0.2) is 44.5 Å². The average molecular weight is 274 g/mol. The zero-order chi connectivity index (χ0) is 14.3. The first kappa shape index (κ1) is 13.4. The van der Waals surface area contributed by atoms with Gasteiger partial charge in [-0.3, -0.25) is 4.79 Å². The maximum absolute atomic E-state index is 11.6. The number of likely N-dealkylation sites (tertiary alicyclic amines) is 1. The predicted octanol–water partition coefficient (Wildman–Crippen LogP) is 1.03. The van der Waals surface area contributed by atoms with E-state index in [-0.39, 0.29) is 5.91 Å². The van der Waals surface area contributed by atoms with Crippen LogP contribution in [0.15, 0.2) is 18.2 Å². The third-order valence-corrected chi connectivity index (χ3v) is 4.37. The maximum atomic E-state index is 11.6. The molecule has 1 fully saturated rings. The molecule has 0 spiro atoms. The minimum atomic E-state index is -0.521. The molecule has 3 N–H and O–H groups in total. The van der Waals surface area contributed by atoms with Gasteiger partial charge in [-0.05, 0) is 38.1 Å². The number of amides is 1. The minimum absolute atomic E-state index is 0.114. The molecule has 0 radical (unpaired) electrons. The van der Waals surface area contributed by atoms with E-state index >= 15 is 0 Å². The second-order valence-corrected chi connectivity index (χ2v) is 6.04. The Morgan fingerprint density at radius 3 is 3.00 bits per heavy atom. The van der Waals surface area contributed by atoms with Gasteiger partial charge in [-0.15, -0.1) is 0 Å². The Hall–Kier alpha value is -1.59. The van der Waals surface area contributed by atoms with Crippen molar-refractivity contribution in [2.75, 3.05) is 43.9 Å². The van der Waals surface area contributed by atoms with Crippen LogP contribution < -0.4 is 16.0 Å². The molecule has 1 saturated heterocycles. The number of nitrogens with zero attached hydrogens (tertiary/aromatic N) is 2. The quantitative estimate of drug-likeness (QED) is 0.864. The Morgan fingerprint density at radius 1 is 1.50 bits per heavy atom. The second-order valence-electron chi connectivity index (χ2n) is 6.04. The van der Waals surface area contributed by atoms with Gasteiger partial charge in [-0.25, -0.2) is 0 Å². The summed E-state index contributed by atoms with van der Waals surface area (Å²) in [6.07, 6.45) is 1.26. The summed E-state index contributed by atoms with van der Waals surface area (Å²) >= 11 is 0. The smallest absolute Gasteiger partial charge is 0.245 e. The molecule has 108 valence electrons. The minimum Gasteiger partial charge on any atom is -0.374 e. The molecule has 3 rings (SSSR count). The molecule has 2 unspecified atom stereocenters. The maximum Gasteiger partial charge on any atom is 0.245 e. The zero-order valence-electron chi connectivity index (χ0n) is 12.1. The molecule has 0 bridgehead atoms. The van der Waals surface area contributed by atoms with E-state index in [1.807, 2.05) is 12.1 Å². The summed E-state index contributed by atoms with van der Waals surface area (Å²) in [6, 6.07) is 5.52. The Bertz CT molecular complexity index is 531. The number of hydrogen-bond acceptors (Lipinski definition) is 4. The summed E-state index contributed by atoms with van der Waals surface area (Å²) < 4.78 is 0. The lowest BCUT2D eigenvalue weighted by atomic mass is 10.1. The van der Waals surface area contributed by atoms with Crippen molar-refractivity contribution < 1.29 is 4.79 Å². The average Bonchev–Trinajstić information content (AvgIpc) is 2.94. The van der Waals surface area contributed by atoms with Gasteiger partial charge in [-0.1, -0.05) is 6.07 Å². The first-order valence-corrected chi connectivity index (χ1v) is 7.14. The van der Waals surface area contributed by atoms with Crippen molar-refractivity contribution in [3.05, 3.63) is 23.8 Å². The number of fused-ring (bicyclic) bond motifs is 1. The van der Waals surface area contributed by atoms with E-state index in [0.29, 0.717) is 0 Å². The number of nitrogens with one attached hydrogen (secondary N) is 1. The fourth-order valence-electron chi connectivity index (χ4n) is 3.18. The number of carbonyl (C=O) groups is 1. The third-order valence-electron chi connectivity index (χ3n) is 4.37. The van der Waals surface area contributed by atoms with Crippen molar-refractivity contribution in [2.24, 2.45) is 11.7 Å². The molecule has 5 heteroatoms. The molecule has 2 aliphatic heterocycles. The van der Waals surface area contributed by atoms with Gasteiger partial charge < -0.3 is 20.9 Å². The topological polar surface area (TPSA) is 61.6 Å². The predicted molar refractivity (Wildman–Crippen MR) is 80.9 cm³/mol. The van der Waals surface area contributed by atoms with Gasteiger partial charge in [0.15, 0.2) is 0 Å². The van der Waals surface area contributed by atoms with Crippen LogP contribution >= 0.6 is 0 Å². The molecule has 2 atom stereocenters.